The molecule has 3 nitrogen and oxygen atoms in total. The summed E-state index contributed by atoms with van der Waals surface area (Å²) in [6.07, 6.45) is 4.32. The molecule has 3 rings (SSSR count). The molecule has 1 aliphatic rings. The zero-order valence-corrected chi connectivity index (χ0v) is 16.6. The second-order valence-electron chi connectivity index (χ2n) is 5.93. The number of hydrogen-bond donors (Lipinski definition) is 2. The molecule has 2 N–H and O–H groups in total. The highest BCUT2D eigenvalue weighted by atomic mass is 19.1. The Labute approximate surface area is 165 Å². The molecule has 1 amide bonds. The van der Waals surface area contributed by atoms with Crippen LogP contribution in [0.15, 0.2) is 48.5 Å². The summed E-state index contributed by atoms with van der Waals surface area (Å²) in [5.41, 5.74) is 2.18. The molecule has 2 aromatic rings. The molecule has 1 aliphatic heterocycles. The molecule has 0 spiro atoms. The van der Waals surface area contributed by atoms with Crippen LogP contribution in [0.3, 0.4) is 0 Å². The van der Waals surface area contributed by atoms with Gasteiger partial charge in [-0.15, -0.1) is 0 Å². The van der Waals surface area contributed by atoms with Crippen molar-refractivity contribution < 1.29 is 23.1 Å². The van der Waals surface area contributed by atoms with E-state index in [-0.39, 0.29) is 17.5 Å². The van der Waals surface area contributed by atoms with Gasteiger partial charge in [-0.1, -0.05) is 31.2 Å². The van der Waals surface area contributed by atoms with Crippen molar-refractivity contribution in [2.24, 2.45) is 0 Å². The zero-order valence-electron chi connectivity index (χ0n) is 16.6. The minimum Gasteiger partial charge on any atom is -0.396 e. The number of aliphatic hydroxyl groups is 1. The second-order valence-corrected chi connectivity index (χ2v) is 5.93. The van der Waals surface area contributed by atoms with E-state index >= 15 is 0 Å². The predicted octanol–water partition coefficient (Wildman–Crippen LogP) is 4.62. The maximum atomic E-state index is 12.7. The summed E-state index contributed by atoms with van der Waals surface area (Å²) in [5.74, 6) is -0.230. The highest BCUT2D eigenvalue weighted by Gasteiger charge is 2.05. The number of amides is 1. The molecule has 2 aromatic carbocycles. The molecule has 28 heavy (non-hydrogen) atoms. The lowest BCUT2D eigenvalue weighted by molar-refractivity contribution is -0.119. The van der Waals surface area contributed by atoms with E-state index in [1.807, 2.05) is 6.92 Å². The van der Waals surface area contributed by atoms with Gasteiger partial charge in [0.2, 0.25) is 5.91 Å². The number of rotatable bonds is 4. The Balaban J connectivity index is 0.000000500. The maximum absolute atomic E-state index is 12.7. The summed E-state index contributed by atoms with van der Waals surface area (Å²) in [4.78, 5) is 10.1. The second kappa shape index (κ2) is 16.8. The van der Waals surface area contributed by atoms with E-state index in [1.165, 1.54) is 24.3 Å². The number of halogens is 3. The van der Waals surface area contributed by atoms with Gasteiger partial charge in [-0.25, -0.2) is 8.78 Å². The van der Waals surface area contributed by atoms with Crippen molar-refractivity contribution in [1.29, 1.82) is 0 Å². The molecule has 1 saturated heterocycles. The molecule has 0 aromatic heterocycles. The largest absolute Gasteiger partial charge is 0.396 e. The van der Waals surface area contributed by atoms with Crippen LogP contribution < -0.4 is 5.32 Å². The third kappa shape index (κ3) is 12.9. The summed E-state index contributed by atoms with van der Waals surface area (Å²) in [7, 11) is 0.500. The molecule has 0 aliphatic carbocycles. The molecule has 6 heteroatoms. The topological polar surface area (TPSA) is 49.3 Å². The Bertz CT molecular complexity index is 576. The zero-order chi connectivity index (χ0) is 21.2. The van der Waals surface area contributed by atoms with Crippen molar-refractivity contribution >= 4 is 5.91 Å². The highest BCUT2D eigenvalue weighted by Crippen LogP contribution is 2.09. The van der Waals surface area contributed by atoms with E-state index in [1.54, 1.807) is 24.3 Å². The van der Waals surface area contributed by atoms with Gasteiger partial charge in [0.25, 0.3) is 0 Å². The fourth-order valence-electron chi connectivity index (χ4n) is 2.16. The van der Waals surface area contributed by atoms with Crippen LogP contribution in [-0.2, 0) is 17.6 Å². The van der Waals surface area contributed by atoms with Crippen LogP contribution in [0.25, 0.3) is 0 Å². The van der Waals surface area contributed by atoms with E-state index in [2.05, 4.69) is 5.32 Å². The van der Waals surface area contributed by atoms with Crippen molar-refractivity contribution in [3.8, 4) is 0 Å². The Hall–Kier alpha value is -2.34. The number of alkyl halides is 1. The first kappa shape index (κ1) is 25.7. The van der Waals surface area contributed by atoms with E-state index < -0.39 is 0 Å². The number of aryl methyl sites for hydroxylation is 2. The predicted molar refractivity (Wildman–Crippen MR) is 107 cm³/mol. The van der Waals surface area contributed by atoms with Gasteiger partial charge in [0.15, 0.2) is 0 Å². The summed E-state index contributed by atoms with van der Waals surface area (Å²) < 4.78 is 34.8. The number of aliphatic hydroxyl groups excluding tert-OH is 1. The molecule has 1 fully saturated rings. The molecule has 0 atom stereocenters. The fraction of sp³-hybridized carbons (Fsp3) is 0.409. The molecular formula is C22H30F3NO2. The van der Waals surface area contributed by atoms with Gasteiger partial charge in [0, 0.05) is 19.6 Å². The molecule has 0 radical (unpaired) electrons. The van der Waals surface area contributed by atoms with Crippen LogP contribution in [0.1, 0.15) is 37.3 Å². The van der Waals surface area contributed by atoms with Crippen molar-refractivity contribution in [1.82, 2.24) is 5.32 Å². The Morgan fingerprint density at radius 2 is 1.29 bits per heavy atom. The molecule has 0 bridgehead atoms. The third-order valence-corrected chi connectivity index (χ3v) is 3.66. The minimum atomic E-state index is -0.217. The highest BCUT2D eigenvalue weighted by molar-refractivity contribution is 5.77. The van der Waals surface area contributed by atoms with Gasteiger partial charge >= 0.3 is 0 Å². The van der Waals surface area contributed by atoms with Gasteiger partial charge in [-0.05, 0) is 61.1 Å². The summed E-state index contributed by atoms with van der Waals surface area (Å²) in [6, 6.07) is 12.9. The first-order chi connectivity index (χ1) is 13.5. The van der Waals surface area contributed by atoms with Gasteiger partial charge in [-0.3, -0.25) is 9.18 Å². The van der Waals surface area contributed by atoms with Gasteiger partial charge < -0.3 is 10.4 Å². The fourth-order valence-corrected chi connectivity index (χ4v) is 2.16. The molecular weight excluding hydrogens is 367 g/mol. The van der Waals surface area contributed by atoms with Gasteiger partial charge in [0.05, 0.1) is 7.18 Å². The van der Waals surface area contributed by atoms with Crippen LogP contribution >= 0.6 is 0 Å². The van der Waals surface area contributed by atoms with Crippen LogP contribution in [0.4, 0.5) is 13.2 Å². The Kier molecular flexibility index (Phi) is 15.4. The Morgan fingerprint density at radius 3 is 1.50 bits per heavy atom. The number of benzene rings is 2. The third-order valence-electron chi connectivity index (χ3n) is 3.66. The Morgan fingerprint density at radius 1 is 0.893 bits per heavy atom. The average molecular weight is 397 g/mol. The van der Waals surface area contributed by atoms with E-state index in [0.717, 1.165) is 49.8 Å². The molecule has 156 valence electrons. The average Bonchev–Trinajstić information content (AvgIpc) is 3.22. The van der Waals surface area contributed by atoms with Crippen LogP contribution in [0.5, 0.6) is 0 Å². The lowest BCUT2D eigenvalue weighted by Crippen LogP contribution is -2.12. The number of carbonyl (C=O) groups is 1. The normalized spacial score (nSPS) is 11.7. The van der Waals surface area contributed by atoms with Crippen LogP contribution in [-0.4, -0.2) is 31.3 Å². The molecule has 1 heterocycles. The van der Waals surface area contributed by atoms with E-state index in [0.29, 0.717) is 13.8 Å². The van der Waals surface area contributed by atoms with E-state index in [4.69, 9.17) is 5.11 Å². The van der Waals surface area contributed by atoms with E-state index in [9.17, 15) is 18.0 Å². The van der Waals surface area contributed by atoms with Gasteiger partial charge in [-0.2, -0.15) is 0 Å². The quantitative estimate of drug-likeness (QED) is 0.791. The van der Waals surface area contributed by atoms with Crippen molar-refractivity contribution in [3.63, 3.8) is 0 Å². The van der Waals surface area contributed by atoms with Crippen molar-refractivity contribution in [3.05, 3.63) is 71.3 Å². The lowest BCUT2D eigenvalue weighted by Gasteiger charge is -2.02. The van der Waals surface area contributed by atoms with Gasteiger partial charge in [0.1, 0.15) is 11.6 Å². The maximum Gasteiger partial charge on any atom is 0.220 e. The van der Waals surface area contributed by atoms with Crippen LogP contribution in [0.2, 0.25) is 0 Å². The number of hydrogen-bond acceptors (Lipinski definition) is 2. The summed E-state index contributed by atoms with van der Waals surface area (Å²) in [6.45, 7) is 3.14. The smallest absolute Gasteiger partial charge is 0.220 e. The number of carbonyl (C=O) groups excluding carboxylic acids is 1. The first-order valence-corrected chi connectivity index (χ1v) is 9.29. The lowest BCUT2D eigenvalue weighted by atomic mass is 10.0. The standard InChI is InChI=1S/C14H12F2.C4H7NO.C3H8O.CH3F/c15-13-7-3-11(4-8-13)1-2-12-5-9-14(16)10-6-12;6-4-2-1-3-5-4;1-2-3-4;1-2/h3-10H,1-2H2;1-3H2,(H,5,6);4H,2-3H2,1H3;1H3. The van der Waals surface area contributed by atoms with Crippen molar-refractivity contribution in [2.45, 2.75) is 39.0 Å². The molecule has 0 unspecified atom stereocenters. The monoisotopic (exact) mass is 397 g/mol. The first-order valence-electron chi connectivity index (χ1n) is 9.29. The molecule has 0 saturated carbocycles. The summed E-state index contributed by atoms with van der Waals surface area (Å²) in [5, 5.41) is 10.6. The number of nitrogens with one attached hydrogen (secondary N) is 1. The van der Waals surface area contributed by atoms with Crippen molar-refractivity contribution in [2.75, 3.05) is 20.3 Å². The van der Waals surface area contributed by atoms with Crippen LogP contribution in [0, 0.1) is 11.6 Å². The SMILES string of the molecule is CCCO.CF.Fc1ccc(CCc2ccc(F)cc2)cc1.O=C1CCCN1. The minimum absolute atomic E-state index is 0.204. The summed E-state index contributed by atoms with van der Waals surface area (Å²) >= 11 is 0.